The molecule has 0 N–H and O–H groups in total. The summed E-state index contributed by atoms with van der Waals surface area (Å²) >= 11 is 9.05. The van der Waals surface area contributed by atoms with Crippen LogP contribution in [0.1, 0.15) is 5.69 Å². The Hall–Kier alpha value is -1.50. The maximum absolute atomic E-state index is 5.90. The van der Waals surface area contributed by atoms with Crippen LogP contribution >= 0.6 is 34.7 Å². The van der Waals surface area contributed by atoms with Gasteiger partial charge >= 0.3 is 0 Å². The SMILES string of the molecule is CO/N=C/c1c(Sc2ccc(Cl)cc2)nc2sccn12. The molecule has 0 radical (unpaired) electrons. The Kier molecular flexibility index (Phi) is 3.95. The van der Waals surface area contributed by atoms with E-state index in [1.54, 1.807) is 29.3 Å². The molecule has 0 fully saturated rings. The van der Waals surface area contributed by atoms with Crippen LogP contribution in [0.15, 0.2) is 50.9 Å². The van der Waals surface area contributed by atoms with Gasteiger partial charge in [-0.1, -0.05) is 28.5 Å². The van der Waals surface area contributed by atoms with Gasteiger partial charge in [-0.25, -0.2) is 4.98 Å². The van der Waals surface area contributed by atoms with E-state index in [0.717, 1.165) is 25.6 Å². The number of benzene rings is 1. The molecule has 1 aromatic carbocycles. The van der Waals surface area contributed by atoms with Gasteiger partial charge in [0.25, 0.3) is 0 Å². The second kappa shape index (κ2) is 5.87. The molecule has 7 heteroatoms. The van der Waals surface area contributed by atoms with Gasteiger partial charge in [0, 0.05) is 21.5 Å². The van der Waals surface area contributed by atoms with E-state index in [2.05, 4.69) is 10.1 Å². The van der Waals surface area contributed by atoms with Crippen LogP contribution < -0.4 is 0 Å². The van der Waals surface area contributed by atoms with E-state index in [-0.39, 0.29) is 0 Å². The number of rotatable bonds is 4. The average Bonchev–Trinajstić information content (AvgIpc) is 3.00. The van der Waals surface area contributed by atoms with Crippen molar-refractivity contribution in [2.24, 2.45) is 5.16 Å². The zero-order chi connectivity index (χ0) is 13.9. The van der Waals surface area contributed by atoms with Crippen molar-refractivity contribution in [3.8, 4) is 0 Å². The summed E-state index contributed by atoms with van der Waals surface area (Å²) in [5, 5.41) is 7.45. The van der Waals surface area contributed by atoms with E-state index >= 15 is 0 Å². The Balaban J connectivity index is 1.99. The van der Waals surface area contributed by atoms with Crippen LogP contribution in [0.4, 0.5) is 0 Å². The lowest BCUT2D eigenvalue weighted by Gasteiger charge is -2.00. The van der Waals surface area contributed by atoms with Crippen molar-refractivity contribution in [1.29, 1.82) is 0 Å². The third-order valence-corrected chi connectivity index (χ3v) is 4.58. The van der Waals surface area contributed by atoms with E-state index in [1.165, 1.54) is 7.11 Å². The summed E-state index contributed by atoms with van der Waals surface area (Å²) in [5.74, 6) is 0. The molecule has 0 saturated heterocycles. The van der Waals surface area contributed by atoms with Crippen LogP contribution in [-0.4, -0.2) is 22.7 Å². The second-order valence-electron chi connectivity index (χ2n) is 3.83. The summed E-state index contributed by atoms with van der Waals surface area (Å²) < 4.78 is 1.99. The third-order valence-electron chi connectivity index (χ3n) is 2.57. The fraction of sp³-hybridized carbons (Fsp3) is 0.0769. The minimum atomic E-state index is 0.723. The van der Waals surface area contributed by atoms with Gasteiger partial charge in [-0.3, -0.25) is 4.40 Å². The molecule has 0 atom stereocenters. The highest BCUT2D eigenvalue weighted by Gasteiger charge is 2.13. The number of aromatic nitrogens is 2. The van der Waals surface area contributed by atoms with Gasteiger partial charge in [-0.2, -0.15) is 0 Å². The predicted octanol–water partition coefficient (Wildman–Crippen LogP) is 4.18. The molecule has 0 unspecified atom stereocenters. The van der Waals surface area contributed by atoms with Crippen LogP contribution in [0.25, 0.3) is 4.96 Å². The van der Waals surface area contributed by atoms with Gasteiger partial charge in [0.15, 0.2) is 4.96 Å². The molecule has 0 aliphatic carbocycles. The molecule has 0 aliphatic heterocycles. The van der Waals surface area contributed by atoms with Crippen molar-refractivity contribution in [1.82, 2.24) is 9.38 Å². The van der Waals surface area contributed by atoms with Crippen molar-refractivity contribution in [2.45, 2.75) is 9.92 Å². The molecule has 3 rings (SSSR count). The lowest BCUT2D eigenvalue weighted by atomic mass is 10.4. The maximum atomic E-state index is 5.90. The van der Waals surface area contributed by atoms with Gasteiger partial charge in [0.05, 0.1) is 6.21 Å². The topological polar surface area (TPSA) is 38.9 Å². The monoisotopic (exact) mass is 323 g/mol. The first kappa shape index (κ1) is 13.5. The molecule has 20 heavy (non-hydrogen) atoms. The molecule has 102 valence electrons. The Morgan fingerprint density at radius 1 is 1.40 bits per heavy atom. The van der Waals surface area contributed by atoms with Gasteiger partial charge < -0.3 is 4.84 Å². The fourth-order valence-corrected chi connectivity index (χ4v) is 3.48. The Morgan fingerprint density at radius 3 is 2.95 bits per heavy atom. The number of oxime groups is 1. The number of hydrogen-bond donors (Lipinski definition) is 0. The van der Waals surface area contributed by atoms with Gasteiger partial charge in [-0.05, 0) is 24.3 Å². The maximum Gasteiger partial charge on any atom is 0.195 e. The average molecular weight is 324 g/mol. The highest BCUT2D eigenvalue weighted by atomic mass is 35.5. The second-order valence-corrected chi connectivity index (χ2v) is 6.20. The predicted molar refractivity (Wildman–Crippen MR) is 83.2 cm³/mol. The highest BCUT2D eigenvalue weighted by Crippen LogP contribution is 2.31. The molecular weight excluding hydrogens is 314 g/mol. The zero-order valence-corrected chi connectivity index (χ0v) is 12.9. The standard InChI is InChI=1S/C13H10ClN3OS2/c1-18-15-8-11-12(16-13-17(11)6-7-19-13)20-10-4-2-9(14)3-5-10/h2-8H,1H3/b15-8+. The summed E-state index contributed by atoms with van der Waals surface area (Å²) in [6.07, 6.45) is 3.64. The van der Waals surface area contributed by atoms with E-state index in [1.807, 2.05) is 40.2 Å². The molecule has 0 aliphatic rings. The van der Waals surface area contributed by atoms with E-state index in [0.29, 0.717) is 0 Å². The zero-order valence-electron chi connectivity index (χ0n) is 10.5. The Morgan fingerprint density at radius 2 is 2.20 bits per heavy atom. The molecular formula is C13H10ClN3OS2. The van der Waals surface area contributed by atoms with Crippen LogP contribution in [0.2, 0.25) is 5.02 Å². The molecule has 0 saturated carbocycles. The van der Waals surface area contributed by atoms with Crippen molar-refractivity contribution in [3.63, 3.8) is 0 Å². The molecule has 2 heterocycles. The van der Waals surface area contributed by atoms with Gasteiger partial charge in [-0.15, -0.1) is 11.3 Å². The Labute approximate surface area is 129 Å². The van der Waals surface area contributed by atoms with Crippen molar-refractivity contribution in [2.75, 3.05) is 7.11 Å². The van der Waals surface area contributed by atoms with Gasteiger partial charge in [0.2, 0.25) is 0 Å². The van der Waals surface area contributed by atoms with Crippen LogP contribution in [-0.2, 0) is 4.84 Å². The first-order valence-corrected chi connectivity index (χ1v) is 7.81. The number of halogens is 1. The summed E-state index contributed by atoms with van der Waals surface area (Å²) in [4.78, 5) is 11.4. The largest absolute Gasteiger partial charge is 0.399 e. The smallest absolute Gasteiger partial charge is 0.195 e. The summed E-state index contributed by atoms with van der Waals surface area (Å²) in [6.45, 7) is 0. The molecule has 0 spiro atoms. The van der Waals surface area contributed by atoms with Crippen LogP contribution in [0.3, 0.4) is 0 Å². The molecule has 0 bridgehead atoms. The number of hydrogen-bond acceptors (Lipinski definition) is 5. The molecule has 2 aromatic heterocycles. The number of fused-ring (bicyclic) bond motifs is 1. The van der Waals surface area contributed by atoms with Crippen molar-refractivity contribution < 1.29 is 4.84 Å². The number of imidazole rings is 1. The third kappa shape index (κ3) is 2.67. The van der Waals surface area contributed by atoms with Gasteiger partial charge in [0.1, 0.15) is 17.8 Å². The number of thiazole rings is 1. The van der Waals surface area contributed by atoms with E-state index in [4.69, 9.17) is 16.4 Å². The molecule has 4 nitrogen and oxygen atoms in total. The summed E-state index contributed by atoms with van der Waals surface area (Å²) in [5.41, 5.74) is 0.906. The molecule has 3 aromatic rings. The fourth-order valence-electron chi connectivity index (χ4n) is 1.69. The number of nitrogens with zero attached hydrogens (tertiary/aromatic N) is 3. The normalized spacial score (nSPS) is 11.5. The van der Waals surface area contributed by atoms with Crippen LogP contribution in [0.5, 0.6) is 0 Å². The van der Waals surface area contributed by atoms with E-state index in [9.17, 15) is 0 Å². The molecule has 0 amide bonds. The highest BCUT2D eigenvalue weighted by molar-refractivity contribution is 7.99. The van der Waals surface area contributed by atoms with Crippen LogP contribution in [0, 0.1) is 0 Å². The lowest BCUT2D eigenvalue weighted by Crippen LogP contribution is -1.90. The lowest BCUT2D eigenvalue weighted by molar-refractivity contribution is 0.215. The van der Waals surface area contributed by atoms with Crippen molar-refractivity contribution in [3.05, 3.63) is 46.6 Å². The van der Waals surface area contributed by atoms with E-state index < -0.39 is 0 Å². The summed E-state index contributed by atoms with van der Waals surface area (Å²) in [6, 6.07) is 7.67. The van der Waals surface area contributed by atoms with Crippen molar-refractivity contribution >= 4 is 45.9 Å². The first-order valence-electron chi connectivity index (χ1n) is 5.73. The Bertz CT molecular complexity index is 749. The summed E-state index contributed by atoms with van der Waals surface area (Å²) in [7, 11) is 1.52. The first-order chi connectivity index (χ1) is 9.78. The minimum absolute atomic E-state index is 0.723. The quantitative estimate of drug-likeness (QED) is 0.534. The minimum Gasteiger partial charge on any atom is -0.399 e.